The molecule has 0 bridgehead atoms. The molecule has 142 valence electrons. The first-order valence-corrected chi connectivity index (χ1v) is 9.29. The predicted octanol–water partition coefficient (Wildman–Crippen LogP) is 3.39. The number of amides is 1. The number of aryl methyl sites for hydroxylation is 2. The average Bonchev–Trinajstić information content (AvgIpc) is 3.32. The molecule has 0 fully saturated rings. The van der Waals surface area contributed by atoms with Crippen LogP contribution in [0.5, 0.6) is 0 Å². The van der Waals surface area contributed by atoms with Gasteiger partial charge in [-0.1, -0.05) is 16.8 Å². The van der Waals surface area contributed by atoms with Crippen LogP contribution in [0.3, 0.4) is 0 Å². The lowest BCUT2D eigenvalue weighted by atomic mass is 10.1. The number of fused-ring (bicyclic) bond motifs is 1. The van der Waals surface area contributed by atoms with E-state index in [9.17, 15) is 4.79 Å². The second-order valence-electron chi connectivity index (χ2n) is 6.65. The summed E-state index contributed by atoms with van der Waals surface area (Å²) in [6.07, 6.45) is 3.89. The lowest BCUT2D eigenvalue weighted by molar-refractivity contribution is 0.0954. The smallest absolute Gasteiger partial charge is 0.252 e. The van der Waals surface area contributed by atoms with Gasteiger partial charge in [-0.25, -0.2) is 9.67 Å². The van der Waals surface area contributed by atoms with E-state index in [1.165, 1.54) is 11.1 Å². The van der Waals surface area contributed by atoms with Crippen LogP contribution in [0, 0.1) is 13.8 Å². The molecule has 1 amide bonds. The van der Waals surface area contributed by atoms with E-state index in [0.29, 0.717) is 23.6 Å². The molecule has 0 radical (unpaired) electrons. The van der Waals surface area contributed by atoms with Gasteiger partial charge >= 0.3 is 0 Å². The van der Waals surface area contributed by atoms with Gasteiger partial charge in [0, 0.05) is 13.0 Å². The van der Waals surface area contributed by atoms with Crippen LogP contribution in [0.4, 0.5) is 0 Å². The summed E-state index contributed by atoms with van der Waals surface area (Å²) in [5.41, 5.74) is 5.54. The molecule has 2 heterocycles. The number of aromatic amines is 1. The zero-order valence-electron chi connectivity index (χ0n) is 15.5. The Kier molecular flexibility index (Phi) is 4.83. The van der Waals surface area contributed by atoms with Gasteiger partial charge in [-0.05, 0) is 55.3 Å². The topological polar surface area (TPSA) is 88.5 Å². The van der Waals surface area contributed by atoms with E-state index >= 15 is 0 Å². The molecule has 28 heavy (non-hydrogen) atoms. The van der Waals surface area contributed by atoms with Crippen molar-refractivity contribution in [2.24, 2.45) is 0 Å². The number of rotatable bonds is 5. The van der Waals surface area contributed by atoms with E-state index in [-0.39, 0.29) is 5.91 Å². The quantitative estimate of drug-likeness (QED) is 0.543. The molecular formula is C20H19ClN6O. The highest BCUT2D eigenvalue weighted by molar-refractivity contribution is 6.34. The maximum Gasteiger partial charge on any atom is 0.252 e. The fourth-order valence-corrected chi connectivity index (χ4v) is 3.27. The van der Waals surface area contributed by atoms with Gasteiger partial charge in [0.15, 0.2) is 0 Å². The number of hydrogen-bond donors (Lipinski definition) is 2. The monoisotopic (exact) mass is 394 g/mol. The van der Waals surface area contributed by atoms with Crippen LogP contribution in [0.25, 0.3) is 16.7 Å². The van der Waals surface area contributed by atoms with E-state index in [1.807, 2.05) is 0 Å². The number of hydrogen-bond acceptors (Lipinski definition) is 4. The fraction of sp³-hybridized carbons (Fsp3) is 0.200. The lowest BCUT2D eigenvalue weighted by Gasteiger charge is -2.08. The van der Waals surface area contributed by atoms with Crippen molar-refractivity contribution >= 4 is 28.5 Å². The van der Waals surface area contributed by atoms with Crippen molar-refractivity contribution in [3.8, 4) is 5.69 Å². The fourth-order valence-electron chi connectivity index (χ4n) is 3.01. The van der Waals surface area contributed by atoms with Crippen molar-refractivity contribution in [1.29, 1.82) is 0 Å². The van der Waals surface area contributed by atoms with Crippen LogP contribution in [0.15, 0.2) is 42.7 Å². The van der Waals surface area contributed by atoms with Crippen molar-refractivity contribution in [2.45, 2.75) is 20.3 Å². The number of nitrogens with zero attached hydrogens (tertiary/aromatic N) is 4. The van der Waals surface area contributed by atoms with Crippen LogP contribution in [0.2, 0.25) is 5.02 Å². The Morgan fingerprint density at radius 2 is 2.04 bits per heavy atom. The van der Waals surface area contributed by atoms with Crippen molar-refractivity contribution in [1.82, 2.24) is 30.3 Å². The van der Waals surface area contributed by atoms with E-state index in [4.69, 9.17) is 11.6 Å². The molecule has 0 spiro atoms. The summed E-state index contributed by atoms with van der Waals surface area (Å²) in [5.74, 6) is 0.617. The maximum absolute atomic E-state index is 12.5. The third kappa shape index (κ3) is 3.61. The minimum atomic E-state index is -0.224. The molecular weight excluding hydrogens is 376 g/mol. The third-order valence-corrected chi connectivity index (χ3v) is 4.99. The molecule has 0 atom stereocenters. The molecule has 0 unspecified atom stereocenters. The summed E-state index contributed by atoms with van der Waals surface area (Å²) in [7, 11) is 0. The molecule has 4 rings (SSSR count). The number of carbonyl (C=O) groups excluding carboxylic acids is 1. The van der Waals surface area contributed by atoms with Crippen LogP contribution in [-0.4, -0.2) is 37.4 Å². The Labute approximate surface area is 166 Å². The largest absolute Gasteiger partial charge is 0.352 e. The second-order valence-corrected chi connectivity index (χ2v) is 7.06. The summed E-state index contributed by atoms with van der Waals surface area (Å²) in [6.45, 7) is 4.60. The number of aromatic nitrogens is 5. The molecule has 0 aliphatic heterocycles. The van der Waals surface area contributed by atoms with Gasteiger partial charge < -0.3 is 10.3 Å². The molecule has 0 aliphatic rings. The molecule has 2 aromatic heterocycles. The van der Waals surface area contributed by atoms with Crippen LogP contribution in [0.1, 0.15) is 27.3 Å². The van der Waals surface area contributed by atoms with E-state index in [2.05, 4.69) is 51.6 Å². The normalized spacial score (nSPS) is 11.1. The highest BCUT2D eigenvalue weighted by Crippen LogP contribution is 2.20. The summed E-state index contributed by atoms with van der Waals surface area (Å²) in [5, 5.41) is 10.9. The molecule has 8 heteroatoms. The first-order chi connectivity index (χ1) is 13.5. The summed E-state index contributed by atoms with van der Waals surface area (Å²) in [6, 6.07) is 9.31. The van der Waals surface area contributed by atoms with Crippen molar-refractivity contribution < 1.29 is 4.79 Å². The van der Waals surface area contributed by atoms with Crippen LogP contribution >= 0.6 is 11.6 Å². The zero-order chi connectivity index (χ0) is 19.7. The predicted molar refractivity (Wildman–Crippen MR) is 108 cm³/mol. The lowest BCUT2D eigenvalue weighted by Crippen LogP contribution is -2.26. The number of halogens is 1. The average molecular weight is 395 g/mol. The number of benzene rings is 2. The Morgan fingerprint density at radius 1 is 1.21 bits per heavy atom. The molecule has 0 aliphatic carbocycles. The number of nitrogens with one attached hydrogen (secondary N) is 2. The van der Waals surface area contributed by atoms with Crippen molar-refractivity contribution in [2.75, 3.05) is 6.54 Å². The minimum absolute atomic E-state index is 0.224. The highest BCUT2D eigenvalue weighted by atomic mass is 35.5. The van der Waals surface area contributed by atoms with E-state index in [1.54, 1.807) is 35.3 Å². The second kappa shape index (κ2) is 7.44. The first-order valence-electron chi connectivity index (χ1n) is 8.91. The van der Waals surface area contributed by atoms with Gasteiger partial charge in [0.2, 0.25) is 0 Å². The maximum atomic E-state index is 12.5. The highest BCUT2D eigenvalue weighted by Gasteiger charge is 2.12. The number of carbonyl (C=O) groups is 1. The third-order valence-electron chi connectivity index (χ3n) is 4.68. The van der Waals surface area contributed by atoms with E-state index in [0.717, 1.165) is 22.5 Å². The Balaban J connectivity index is 1.40. The Morgan fingerprint density at radius 3 is 2.79 bits per heavy atom. The zero-order valence-corrected chi connectivity index (χ0v) is 16.3. The SMILES string of the molecule is Cc1cc2nc(CCNC(=O)c3ccc(-n4ccnn4)cc3Cl)[nH]c2cc1C. The van der Waals surface area contributed by atoms with Gasteiger partial charge in [-0.15, -0.1) is 5.10 Å². The molecule has 7 nitrogen and oxygen atoms in total. The van der Waals surface area contributed by atoms with Crippen molar-refractivity contribution in [3.63, 3.8) is 0 Å². The van der Waals surface area contributed by atoms with Gasteiger partial charge in [0.25, 0.3) is 5.91 Å². The van der Waals surface area contributed by atoms with Crippen LogP contribution in [-0.2, 0) is 6.42 Å². The van der Waals surface area contributed by atoms with Gasteiger partial charge in [0.1, 0.15) is 5.82 Å². The Bertz CT molecular complexity index is 1110. The standard InChI is InChI=1S/C20H19ClN6O/c1-12-9-17-18(10-13(12)2)25-19(24-17)5-6-22-20(28)15-4-3-14(11-16(15)21)27-8-7-23-26-27/h3-4,7-11H,5-6H2,1-2H3,(H,22,28)(H,24,25). The molecule has 2 aromatic carbocycles. The molecule has 2 N–H and O–H groups in total. The number of imidazole rings is 1. The van der Waals surface area contributed by atoms with Gasteiger partial charge in [-0.3, -0.25) is 4.79 Å². The summed E-state index contributed by atoms with van der Waals surface area (Å²) in [4.78, 5) is 20.4. The van der Waals surface area contributed by atoms with Gasteiger partial charge in [-0.2, -0.15) is 0 Å². The van der Waals surface area contributed by atoms with Gasteiger partial charge in [0.05, 0.1) is 39.7 Å². The molecule has 0 saturated heterocycles. The molecule has 0 saturated carbocycles. The van der Waals surface area contributed by atoms with Crippen molar-refractivity contribution in [3.05, 3.63) is 70.3 Å². The molecule has 4 aromatic rings. The van der Waals surface area contributed by atoms with E-state index < -0.39 is 0 Å². The number of H-pyrrole nitrogens is 1. The summed E-state index contributed by atoms with van der Waals surface area (Å²) < 4.78 is 1.58. The minimum Gasteiger partial charge on any atom is -0.352 e. The Hall–Kier alpha value is -3.19. The first kappa shape index (κ1) is 18.2. The van der Waals surface area contributed by atoms with Crippen LogP contribution < -0.4 is 5.32 Å². The summed E-state index contributed by atoms with van der Waals surface area (Å²) >= 11 is 6.28.